The molecule has 0 N–H and O–H groups in total. The maximum Gasteiger partial charge on any atom is 0.168 e. The highest BCUT2D eigenvalue weighted by Gasteiger charge is 2.39. The highest BCUT2D eigenvalue weighted by Crippen LogP contribution is 2.37. The van der Waals surface area contributed by atoms with E-state index in [9.17, 15) is 0 Å². The van der Waals surface area contributed by atoms with Crippen molar-refractivity contribution in [1.29, 1.82) is 0 Å². The highest BCUT2D eigenvalue weighted by molar-refractivity contribution is 4.80. The Kier molecular flexibility index (Phi) is 1.90. The Morgan fingerprint density at radius 1 is 1.18 bits per heavy atom. The molecule has 1 heterocycles. The van der Waals surface area contributed by atoms with Gasteiger partial charge < -0.3 is 9.47 Å². The third kappa shape index (κ3) is 1.42. The molecule has 0 bridgehead atoms. The summed E-state index contributed by atoms with van der Waals surface area (Å²) in [5, 5.41) is 0. The standard InChI is InChI=1S/C9H16O2.H2/c1-8-2-4-9(5-3-8)10-6-7-11-9;/h8H,2-7H2,1H3;1H/i;1+2. The summed E-state index contributed by atoms with van der Waals surface area (Å²) < 4.78 is 11.2. The summed E-state index contributed by atoms with van der Waals surface area (Å²) in [6, 6.07) is 0. The van der Waals surface area contributed by atoms with E-state index in [1.165, 1.54) is 12.8 Å². The summed E-state index contributed by atoms with van der Waals surface area (Å²) in [4.78, 5) is 0. The molecule has 0 aromatic rings. The third-order valence-electron chi connectivity index (χ3n) is 2.85. The molecule has 0 unspecified atom stereocenters. The molecule has 1 aliphatic heterocycles. The average Bonchev–Trinajstić information content (AvgIpc) is 2.45. The van der Waals surface area contributed by atoms with Gasteiger partial charge in [0.15, 0.2) is 5.79 Å². The first-order chi connectivity index (χ1) is 5.31. The maximum atomic E-state index is 5.61. The lowest BCUT2D eigenvalue weighted by Gasteiger charge is -2.33. The van der Waals surface area contributed by atoms with Crippen molar-refractivity contribution in [3.05, 3.63) is 0 Å². The predicted molar refractivity (Wildman–Crippen MR) is 44.4 cm³/mol. The van der Waals surface area contributed by atoms with Crippen molar-refractivity contribution in [2.75, 3.05) is 13.2 Å². The topological polar surface area (TPSA) is 18.5 Å². The van der Waals surface area contributed by atoms with Gasteiger partial charge in [-0.15, -0.1) is 0 Å². The van der Waals surface area contributed by atoms with Crippen LogP contribution in [0.2, 0.25) is 0 Å². The van der Waals surface area contributed by atoms with E-state index in [0.717, 1.165) is 32.0 Å². The molecule has 0 amide bonds. The smallest absolute Gasteiger partial charge is 0.168 e. The number of hydrogen-bond donors (Lipinski definition) is 0. The maximum absolute atomic E-state index is 5.61. The first kappa shape index (κ1) is 7.56. The second kappa shape index (κ2) is 2.76. The van der Waals surface area contributed by atoms with Crippen LogP contribution in [0.4, 0.5) is 0 Å². The van der Waals surface area contributed by atoms with Gasteiger partial charge in [-0.05, 0) is 18.8 Å². The second-order valence-corrected chi connectivity index (χ2v) is 3.79. The van der Waals surface area contributed by atoms with Gasteiger partial charge in [0.2, 0.25) is 0 Å². The fourth-order valence-electron chi connectivity index (χ4n) is 1.99. The lowest BCUT2D eigenvalue weighted by atomic mass is 9.86. The molecule has 2 fully saturated rings. The van der Waals surface area contributed by atoms with E-state index in [-0.39, 0.29) is 7.21 Å². The van der Waals surface area contributed by atoms with E-state index in [2.05, 4.69) is 6.92 Å². The van der Waals surface area contributed by atoms with Gasteiger partial charge in [0.05, 0.1) is 13.2 Å². The molecule has 1 spiro atoms. The zero-order valence-electron chi connectivity index (χ0n) is 7.14. The SMILES string of the molecule is CC1CCC2(CC1)OCCO2.[3HH]. The van der Waals surface area contributed by atoms with E-state index in [1.54, 1.807) is 0 Å². The summed E-state index contributed by atoms with van der Waals surface area (Å²) in [6.07, 6.45) is 4.74. The van der Waals surface area contributed by atoms with Crippen molar-refractivity contribution in [1.82, 2.24) is 0 Å². The third-order valence-corrected chi connectivity index (χ3v) is 2.85. The van der Waals surface area contributed by atoms with Gasteiger partial charge in [-0.2, -0.15) is 0 Å². The van der Waals surface area contributed by atoms with Crippen LogP contribution in [0.3, 0.4) is 0 Å². The first-order valence-electron chi connectivity index (χ1n) is 4.59. The highest BCUT2D eigenvalue weighted by atomic mass is 16.7. The molecular formula is C9H18O2. The largest absolute Gasteiger partial charge is 0.348 e. The van der Waals surface area contributed by atoms with E-state index in [1.807, 2.05) is 0 Å². The van der Waals surface area contributed by atoms with Gasteiger partial charge in [0, 0.05) is 14.3 Å². The molecule has 1 saturated heterocycles. The molecule has 0 radical (unpaired) electrons. The Labute approximate surface area is 69.4 Å². The van der Waals surface area contributed by atoms with Gasteiger partial charge in [-0.25, -0.2) is 0 Å². The van der Waals surface area contributed by atoms with Crippen LogP contribution in [0.5, 0.6) is 0 Å². The predicted octanol–water partition coefficient (Wildman–Crippen LogP) is 2.19. The lowest BCUT2D eigenvalue weighted by Crippen LogP contribution is -2.34. The monoisotopic (exact) mass is 160 g/mol. The number of hydrogen-bond acceptors (Lipinski definition) is 2. The molecule has 66 valence electrons. The van der Waals surface area contributed by atoms with Crippen LogP contribution in [-0.4, -0.2) is 19.0 Å². The van der Waals surface area contributed by atoms with Crippen molar-refractivity contribution < 1.29 is 10.9 Å². The minimum Gasteiger partial charge on any atom is -0.348 e. The van der Waals surface area contributed by atoms with Crippen molar-refractivity contribution in [3.63, 3.8) is 0 Å². The van der Waals surface area contributed by atoms with Crippen LogP contribution in [0.25, 0.3) is 0 Å². The molecule has 0 atom stereocenters. The minimum absolute atomic E-state index is 0. The van der Waals surface area contributed by atoms with Crippen molar-refractivity contribution in [2.24, 2.45) is 5.92 Å². The van der Waals surface area contributed by atoms with Gasteiger partial charge in [-0.1, -0.05) is 6.92 Å². The molecular weight excluding hydrogens is 140 g/mol. The Morgan fingerprint density at radius 3 is 2.27 bits per heavy atom. The van der Waals surface area contributed by atoms with Crippen LogP contribution in [-0.2, 0) is 9.47 Å². The van der Waals surface area contributed by atoms with Gasteiger partial charge in [-0.3, -0.25) is 0 Å². The van der Waals surface area contributed by atoms with Crippen LogP contribution < -0.4 is 0 Å². The van der Waals surface area contributed by atoms with Crippen molar-refractivity contribution in [2.45, 2.75) is 38.4 Å². The van der Waals surface area contributed by atoms with E-state index < -0.39 is 0 Å². The summed E-state index contributed by atoms with van der Waals surface area (Å²) in [5.41, 5.74) is 0. The van der Waals surface area contributed by atoms with Crippen LogP contribution in [0.1, 0.15) is 34.0 Å². The van der Waals surface area contributed by atoms with Crippen molar-refractivity contribution in [3.8, 4) is 0 Å². The van der Waals surface area contributed by atoms with E-state index in [4.69, 9.17) is 9.47 Å². The second-order valence-electron chi connectivity index (χ2n) is 3.79. The Morgan fingerprint density at radius 2 is 1.73 bits per heavy atom. The van der Waals surface area contributed by atoms with Crippen LogP contribution >= 0.6 is 0 Å². The normalized spacial score (nSPS) is 31.4. The summed E-state index contributed by atoms with van der Waals surface area (Å²) in [6.45, 7) is 3.91. The zero-order chi connectivity index (χ0) is 7.73. The number of ether oxygens (including phenoxy) is 2. The Bertz CT molecular complexity index is 133. The molecule has 2 rings (SSSR count). The minimum atomic E-state index is -0.146. The fraction of sp³-hybridized carbons (Fsp3) is 1.00. The molecule has 2 aliphatic rings. The molecule has 2 nitrogen and oxygen atoms in total. The quantitative estimate of drug-likeness (QED) is 0.540. The van der Waals surface area contributed by atoms with Gasteiger partial charge in [0.1, 0.15) is 0 Å². The average molecular weight is 160 g/mol. The first-order valence-corrected chi connectivity index (χ1v) is 4.59. The molecule has 2 heteroatoms. The lowest BCUT2D eigenvalue weighted by molar-refractivity contribution is -0.181. The van der Waals surface area contributed by atoms with Crippen LogP contribution in [0, 0.1) is 5.92 Å². The van der Waals surface area contributed by atoms with Gasteiger partial charge in [0.25, 0.3) is 0 Å². The Hall–Kier alpha value is -0.0800. The van der Waals surface area contributed by atoms with Gasteiger partial charge >= 0.3 is 0 Å². The molecule has 11 heavy (non-hydrogen) atoms. The molecule has 0 aromatic heterocycles. The zero-order valence-corrected chi connectivity index (χ0v) is 7.14. The summed E-state index contributed by atoms with van der Waals surface area (Å²) in [5.74, 6) is 0.723. The molecule has 0 aromatic carbocycles. The number of rotatable bonds is 0. The summed E-state index contributed by atoms with van der Waals surface area (Å²) in [7, 11) is 0. The fourth-order valence-corrected chi connectivity index (χ4v) is 1.99. The molecule has 1 saturated carbocycles. The van der Waals surface area contributed by atoms with Crippen LogP contribution in [0.15, 0.2) is 0 Å². The summed E-state index contributed by atoms with van der Waals surface area (Å²) >= 11 is 0. The Balaban J connectivity index is 0.000000720. The molecule has 1 aliphatic carbocycles. The van der Waals surface area contributed by atoms with E-state index >= 15 is 0 Å². The van der Waals surface area contributed by atoms with Crippen molar-refractivity contribution >= 4 is 0 Å². The van der Waals surface area contributed by atoms with E-state index in [0.29, 0.717) is 0 Å².